The van der Waals surface area contributed by atoms with Crippen molar-refractivity contribution in [3.8, 4) is 0 Å². The molecule has 0 heterocycles. The summed E-state index contributed by atoms with van der Waals surface area (Å²) in [5, 5.41) is 0. The SMILES string of the molecule is C=C/C(F)=C(/Br)C=C. The van der Waals surface area contributed by atoms with E-state index in [1.807, 2.05) is 0 Å². The van der Waals surface area contributed by atoms with E-state index in [9.17, 15) is 4.39 Å². The third kappa shape index (κ3) is 2.07. The van der Waals surface area contributed by atoms with Crippen LogP contribution in [0.3, 0.4) is 0 Å². The van der Waals surface area contributed by atoms with E-state index in [2.05, 4.69) is 29.1 Å². The molecule has 0 aliphatic rings. The van der Waals surface area contributed by atoms with Gasteiger partial charge >= 0.3 is 0 Å². The van der Waals surface area contributed by atoms with Crippen LogP contribution in [0.25, 0.3) is 0 Å². The lowest BCUT2D eigenvalue weighted by Crippen LogP contribution is -1.65. The van der Waals surface area contributed by atoms with Crippen molar-refractivity contribution in [3.63, 3.8) is 0 Å². The van der Waals surface area contributed by atoms with Gasteiger partial charge in [0.05, 0.1) is 4.48 Å². The van der Waals surface area contributed by atoms with E-state index < -0.39 is 0 Å². The molecule has 0 aliphatic carbocycles. The monoisotopic (exact) mass is 176 g/mol. The summed E-state index contributed by atoms with van der Waals surface area (Å²) in [6.07, 6.45) is 2.49. The molecular formula is C6H6BrF. The van der Waals surface area contributed by atoms with Gasteiger partial charge in [-0.25, -0.2) is 4.39 Å². The molecule has 0 bridgehead atoms. The molecule has 8 heavy (non-hydrogen) atoms. The Balaban J connectivity index is 4.25. The fourth-order valence-electron chi connectivity index (χ4n) is 0.195. The predicted octanol–water partition coefficient (Wildman–Crippen LogP) is 2.93. The first-order valence-electron chi connectivity index (χ1n) is 2.02. The minimum absolute atomic E-state index is 0.340. The van der Waals surface area contributed by atoms with Gasteiger partial charge in [0.1, 0.15) is 5.83 Å². The number of allylic oxidation sites excluding steroid dienone is 4. The Labute approximate surface area is 56.5 Å². The highest BCUT2D eigenvalue weighted by Gasteiger charge is 1.90. The standard InChI is InChI=1S/C6H6BrF/c1-3-5(7)6(8)4-2/h3-4H,1-2H2/b6-5-. The van der Waals surface area contributed by atoms with Crippen LogP contribution in [-0.2, 0) is 0 Å². The topological polar surface area (TPSA) is 0 Å². The van der Waals surface area contributed by atoms with Crippen LogP contribution >= 0.6 is 15.9 Å². The van der Waals surface area contributed by atoms with Crippen LogP contribution < -0.4 is 0 Å². The average molecular weight is 177 g/mol. The molecule has 0 unspecified atom stereocenters. The maximum atomic E-state index is 12.2. The molecule has 0 rings (SSSR count). The highest BCUT2D eigenvalue weighted by molar-refractivity contribution is 9.11. The molecular weight excluding hydrogens is 171 g/mol. The van der Waals surface area contributed by atoms with Gasteiger partial charge in [0.15, 0.2) is 0 Å². The third-order valence-corrected chi connectivity index (χ3v) is 1.29. The molecule has 0 nitrogen and oxygen atoms in total. The van der Waals surface area contributed by atoms with E-state index in [1.165, 1.54) is 6.08 Å². The molecule has 0 aliphatic heterocycles. The summed E-state index contributed by atoms with van der Waals surface area (Å²) in [6.45, 7) is 6.56. The van der Waals surface area contributed by atoms with Crippen molar-refractivity contribution in [1.82, 2.24) is 0 Å². The van der Waals surface area contributed by atoms with Gasteiger partial charge in [-0.1, -0.05) is 19.2 Å². The molecule has 0 saturated heterocycles. The van der Waals surface area contributed by atoms with Crippen molar-refractivity contribution in [2.24, 2.45) is 0 Å². The van der Waals surface area contributed by atoms with Crippen LogP contribution in [-0.4, -0.2) is 0 Å². The summed E-state index contributed by atoms with van der Waals surface area (Å²) >= 11 is 2.92. The fraction of sp³-hybridized carbons (Fsp3) is 0. The van der Waals surface area contributed by atoms with Gasteiger partial charge in [-0.2, -0.15) is 0 Å². The molecule has 0 saturated carbocycles. The molecule has 44 valence electrons. The summed E-state index contributed by atoms with van der Waals surface area (Å²) in [5.74, 6) is -0.389. The Bertz CT molecular complexity index is 119. The molecule has 0 fully saturated rings. The summed E-state index contributed by atoms with van der Waals surface area (Å²) in [7, 11) is 0. The van der Waals surface area contributed by atoms with E-state index in [0.29, 0.717) is 4.48 Å². The van der Waals surface area contributed by atoms with Crippen molar-refractivity contribution in [1.29, 1.82) is 0 Å². The van der Waals surface area contributed by atoms with Gasteiger partial charge in [-0.15, -0.1) is 0 Å². The quantitative estimate of drug-likeness (QED) is 0.568. The second kappa shape index (κ2) is 3.61. The number of hydrogen-bond acceptors (Lipinski definition) is 0. The first-order chi connectivity index (χ1) is 3.72. The van der Waals surface area contributed by atoms with Crippen LogP contribution in [0.15, 0.2) is 35.6 Å². The summed E-state index contributed by atoms with van der Waals surface area (Å²) in [5.41, 5.74) is 0. The Hall–Kier alpha value is -0.370. The fourth-order valence-corrected chi connectivity index (χ4v) is 0.357. The second-order valence-corrected chi connectivity index (χ2v) is 1.96. The largest absolute Gasteiger partial charge is 0.206 e. The first-order valence-corrected chi connectivity index (χ1v) is 2.81. The van der Waals surface area contributed by atoms with Gasteiger partial charge in [0.25, 0.3) is 0 Å². The van der Waals surface area contributed by atoms with Crippen LogP contribution in [0, 0.1) is 0 Å². The minimum Gasteiger partial charge on any atom is -0.206 e. The lowest BCUT2D eigenvalue weighted by atomic mass is 10.4. The molecule has 0 radical (unpaired) electrons. The zero-order chi connectivity index (χ0) is 6.57. The van der Waals surface area contributed by atoms with Gasteiger partial charge in [0.2, 0.25) is 0 Å². The van der Waals surface area contributed by atoms with Gasteiger partial charge in [-0.3, -0.25) is 0 Å². The molecule has 0 aromatic rings. The van der Waals surface area contributed by atoms with E-state index in [-0.39, 0.29) is 5.83 Å². The summed E-state index contributed by atoms with van der Waals surface area (Å²) < 4.78 is 12.5. The zero-order valence-electron chi connectivity index (χ0n) is 4.32. The molecule has 2 heteroatoms. The lowest BCUT2D eigenvalue weighted by molar-refractivity contribution is 0.666. The van der Waals surface area contributed by atoms with Crippen molar-refractivity contribution in [2.75, 3.05) is 0 Å². The van der Waals surface area contributed by atoms with Crippen molar-refractivity contribution < 1.29 is 4.39 Å². The molecule has 0 spiro atoms. The Kier molecular flexibility index (Phi) is 3.44. The maximum Gasteiger partial charge on any atom is 0.136 e. The smallest absolute Gasteiger partial charge is 0.136 e. The minimum atomic E-state index is -0.389. The summed E-state index contributed by atoms with van der Waals surface area (Å²) in [4.78, 5) is 0. The highest BCUT2D eigenvalue weighted by Crippen LogP contribution is 2.13. The van der Waals surface area contributed by atoms with Crippen LogP contribution in [0.1, 0.15) is 0 Å². The number of halogens is 2. The van der Waals surface area contributed by atoms with Crippen LogP contribution in [0.2, 0.25) is 0 Å². The van der Waals surface area contributed by atoms with Gasteiger partial charge in [0, 0.05) is 0 Å². The Morgan fingerprint density at radius 3 is 2.00 bits per heavy atom. The van der Waals surface area contributed by atoms with E-state index >= 15 is 0 Å². The summed E-state index contributed by atoms with van der Waals surface area (Å²) in [6, 6.07) is 0. The van der Waals surface area contributed by atoms with Crippen LogP contribution in [0.4, 0.5) is 4.39 Å². The third-order valence-electron chi connectivity index (χ3n) is 0.587. The molecule has 0 N–H and O–H groups in total. The van der Waals surface area contributed by atoms with Crippen molar-refractivity contribution in [3.05, 3.63) is 35.6 Å². The predicted molar refractivity (Wildman–Crippen MR) is 37.5 cm³/mol. The highest BCUT2D eigenvalue weighted by atomic mass is 79.9. The normalized spacial score (nSPS) is 12.2. The average Bonchev–Trinajstić information content (AvgIpc) is 1.84. The van der Waals surface area contributed by atoms with Gasteiger partial charge < -0.3 is 0 Å². The zero-order valence-corrected chi connectivity index (χ0v) is 5.91. The molecule has 0 atom stereocenters. The van der Waals surface area contributed by atoms with Crippen molar-refractivity contribution >= 4 is 15.9 Å². The lowest BCUT2D eigenvalue weighted by Gasteiger charge is -1.85. The van der Waals surface area contributed by atoms with Crippen LogP contribution in [0.5, 0.6) is 0 Å². The molecule has 0 aromatic heterocycles. The number of rotatable bonds is 2. The van der Waals surface area contributed by atoms with Crippen molar-refractivity contribution in [2.45, 2.75) is 0 Å². The molecule has 0 amide bonds. The Morgan fingerprint density at radius 1 is 1.38 bits per heavy atom. The maximum absolute atomic E-state index is 12.2. The van der Waals surface area contributed by atoms with E-state index in [0.717, 1.165) is 6.08 Å². The first kappa shape index (κ1) is 7.63. The van der Waals surface area contributed by atoms with E-state index in [1.54, 1.807) is 0 Å². The Morgan fingerprint density at radius 2 is 1.88 bits per heavy atom. The second-order valence-electron chi connectivity index (χ2n) is 1.10. The molecule has 0 aromatic carbocycles. The number of hydrogen-bond donors (Lipinski definition) is 0. The van der Waals surface area contributed by atoms with E-state index in [4.69, 9.17) is 0 Å². The van der Waals surface area contributed by atoms with Gasteiger partial charge in [-0.05, 0) is 22.0 Å².